The van der Waals surface area contributed by atoms with Crippen LogP contribution in [0.2, 0.25) is 0 Å². The fraction of sp³-hybridized carbons (Fsp3) is 0.421. The number of piperidine rings is 1. The van der Waals surface area contributed by atoms with Gasteiger partial charge in [0.1, 0.15) is 12.1 Å². The minimum atomic E-state index is -4.52. The second kappa shape index (κ2) is 7.38. The number of nitrogens with zero attached hydrogens (tertiary/aromatic N) is 5. The summed E-state index contributed by atoms with van der Waals surface area (Å²) in [6, 6.07) is 8.94. The van der Waals surface area contributed by atoms with E-state index in [1.807, 2.05) is 24.3 Å². The second-order valence-corrected chi connectivity index (χ2v) is 6.96. The van der Waals surface area contributed by atoms with Crippen LogP contribution in [0.15, 0.2) is 36.7 Å². The molecule has 0 aliphatic carbocycles. The molecule has 3 heterocycles. The SMILES string of the molecule is COc1cccc(CN2CCC[C@@H](c3cc(C(F)(F)F)n4ncnc4n3)C2)c1. The molecule has 1 atom stereocenters. The van der Waals surface area contributed by atoms with E-state index < -0.39 is 11.9 Å². The summed E-state index contributed by atoms with van der Waals surface area (Å²) in [6.45, 7) is 2.26. The van der Waals surface area contributed by atoms with Crippen LogP contribution in [0.25, 0.3) is 5.78 Å². The molecule has 9 heteroatoms. The van der Waals surface area contributed by atoms with E-state index in [2.05, 4.69) is 20.0 Å². The molecule has 0 amide bonds. The van der Waals surface area contributed by atoms with Gasteiger partial charge in [0.15, 0.2) is 5.69 Å². The van der Waals surface area contributed by atoms with Gasteiger partial charge >= 0.3 is 6.18 Å². The van der Waals surface area contributed by atoms with Gasteiger partial charge in [-0.25, -0.2) is 4.98 Å². The summed E-state index contributed by atoms with van der Waals surface area (Å²) < 4.78 is 46.3. The molecule has 3 aromatic rings. The Morgan fingerprint density at radius 3 is 2.89 bits per heavy atom. The number of benzene rings is 1. The van der Waals surface area contributed by atoms with Gasteiger partial charge in [0.05, 0.1) is 12.8 Å². The molecular formula is C19H20F3N5O. The molecule has 6 nitrogen and oxygen atoms in total. The second-order valence-electron chi connectivity index (χ2n) is 6.96. The smallest absolute Gasteiger partial charge is 0.433 e. The molecule has 1 aromatic carbocycles. The summed E-state index contributed by atoms with van der Waals surface area (Å²) in [7, 11) is 1.63. The molecule has 2 aromatic heterocycles. The first-order valence-electron chi connectivity index (χ1n) is 9.07. The van der Waals surface area contributed by atoms with Gasteiger partial charge < -0.3 is 4.74 Å². The normalized spacial score (nSPS) is 18.5. The molecule has 1 fully saturated rings. The Kier molecular flexibility index (Phi) is 4.92. The van der Waals surface area contributed by atoms with Crippen LogP contribution in [0.1, 0.15) is 35.7 Å². The highest BCUT2D eigenvalue weighted by molar-refractivity contribution is 5.33. The van der Waals surface area contributed by atoms with Crippen molar-refractivity contribution in [1.82, 2.24) is 24.5 Å². The van der Waals surface area contributed by atoms with E-state index in [9.17, 15) is 13.2 Å². The van der Waals surface area contributed by atoms with E-state index in [-0.39, 0.29) is 11.7 Å². The van der Waals surface area contributed by atoms with Crippen molar-refractivity contribution in [1.29, 1.82) is 0 Å². The molecule has 4 rings (SSSR count). The lowest BCUT2D eigenvalue weighted by Gasteiger charge is -2.32. The van der Waals surface area contributed by atoms with E-state index in [0.717, 1.165) is 47.6 Å². The monoisotopic (exact) mass is 391 g/mol. The van der Waals surface area contributed by atoms with Crippen molar-refractivity contribution in [2.24, 2.45) is 0 Å². The highest BCUT2D eigenvalue weighted by Gasteiger charge is 2.36. The zero-order valence-electron chi connectivity index (χ0n) is 15.4. The Bertz CT molecular complexity index is 972. The lowest BCUT2D eigenvalue weighted by molar-refractivity contribution is -0.142. The predicted octanol–water partition coefficient (Wildman–Crippen LogP) is 3.53. The van der Waals surface area contributed by atoms with Crippen LogP contribution in [0.4, 0.5) is 13.2 Å². The first-order valence-corrected chi connectivity index (χ1v) is 9.07. The predicted molar refractivity (Wildman–Crippen MR) is 96.0 cm³/mol. The third-order valence-electron chi connectivity index (χ3n) is 5.03. The molecule has 1 aliphatic heterocycles. The lowest BCUT2D eigenvalue weighted by atomic mass is 9.93. The molecule has 1 saturated heterocycles. The number of hydrogen-bond acceptors (Lipinski definition) is 5. The van der Waals surface area contributed by atoms with Crippen LogP contribution in [-0.2, 0) is 12.7 Å². The van der Waals surface area contributed by atoms with Crippen LogP contribution < -0.4 is 4.74 Å². The number of halogens is 3. The summed E-state index contributed by atoms with van der Waals surface area (Å²) in [5, 5.41) is 3.66. The largest absolute Gasteiger partial charge is 0.497 e. The first kappa shape index (κ1) is 18.7. The van der Waals surface area contributed by atoms with Crippen LogP contribution in [0.5, 0.6) is 5.75 Å². The molecule has 0 spiro atoms. The summed E-state index contributed by atoms with van der Waals surface area (Å²) in [4.78, 5) is 10.5. The van der Waals surface area contributed by atoms with Crippen molar-refractivity contribution >= 4 is 5.78 Å². The Morgan fingerprint density at radius 1 is 1.25 bits per heavy atom. The molecule has 148 valence electrons. The maximum absolute atomic E-state index is 13.4. The molecule has 0 N–H and O–H groups in total. The van der Waals surface area contributed by atoms with Crippen molar-refractivity contribution in [2.45, 2.75) is 31.5 Å². The zero-order valence-corrected chi connectivity index (χ0v) is 15.4. The van der Waals surface area contributed by atoms with Crippen LogP contribution in [-0.4, -0.2) is 44.7 Å². The van der Waals surface area contributed by atoms with Crippen molar-refractivity contribution in [3.63, 3.8) is 0 Å². The fourth-order valence-corrected chi connectivity index (χ4v) is 3.71. The standard InChI is InChI=1S/C19H20F3N5O/c1-28-15-6-2-4-13(8-15)10-26-7-3-5-14(11-26)16-9-17(19(20,21)22)27-18(25-16)23-12-24-27/h2,4,6,8-9,12,14H,3,5,7,10-11H2,1H3/t14-/m1/s1. The van der Waals surface area contributed by atoms with Gasteiger partial charge in [-0.1, -0.05) is 12.1 Å². The number of fused-ring (bicyclic) bond motifs is 1. The summed E-state index contributed by atoms with van der Waals surface area (Å²) in [5.74, 6) is 0.691. The summed E-state index contributed by atoms with van der Waals surface area (Å²) in [6.07, 6.45) is -1.73. The average molecular weight is 391 g/mol. The number of alkyl halides is 3. The zero-order chi connectivity index (χ0) is 19.7. The maximum Gasteiger partial charge on any atom is 0.433 e. The Labute approximate surface area is 160 Å². The van der Waals surface area contributed by atoms with E-state index in [0.29, 0.717) is 18.8 Å². The van der Waals surface area contributed by atoms with Crippen LogP contribution in [0.3, 0.4) is 0 Å². The Balaban J connectivity index is 1.57. The van der Waals surface area contributed by atoms with Crippen molar-refractivity contribution in [3.8, 4) is 5.75 Å². The first-order chi connectivity index (χ1) is 13.4. The van der Waals surface area contributed by atoms with Gasteiger partial charge in [0.25, 0.3) is 5.78 Å². The summed E-state index contributed by atoms with van der Waals surface area (Å²) >= 11 is 0. The van der Waals surface area contributed by atoms with E-state index in [1.54, 1.807) is 7.11 Å². The highest BCUT2D eigenvalue weighted by Crippen LogP contribution is 2.33. The maximum atomic E-state index is 13.4. The van der Waals surface area contributed by atoms with E-state index in [1.165, 1.54) is 0 Å². The average Bonchev–Trinajstić information content (AvgIpc) is 3.15. The van der Waals surface area contributed by atoms with Crippen LogP contribution >= 0.6 is 0 Å². The minimum absolute atomic E-state index is 0.0188. The van der Waals surface area contributed by atoms with Crippen molar-refractivity contribution in [3.05, 3.63) is 53.6 Å². The van der Waals surface area contributed by atoms with Crippen molar-refractivity contribution < 1.29 is 17.9 Å². The Hall–Kier alpha value is -2.68. The number of rotatable bonds is 4. The van der Waals surface area contributed by atoms with Crippen molar-refractivity contribution in [2.75, 3.05) is 20.2 Å². The molecule has 0 unspecified atom stereocenters. The third kappa shape index (κ3) is 3.80. The highest BCUT2D eigenvalue weighted by atomic mass is 19.4. The van der Waals surface area contributed by atoms with E-state index >= 15 is 0 Å². The lowest BCUT2D eigenvalue weighted by Crippen LogP contribution is -2.34. The van der Waals surface area contributed by atoms with Gasteiger partial charge in [-0.05, 0) is 43.1 Å². The van der Waals surface area contributed by atoms with Gasteiger partial charge in [0.2, 0.25) is 0 Å². The Morgan fingerprint density at radius 2 is 2.11 bits per heavy atom. The topological polar surface area (TPSA) is 55.6 Å². The molecule has 0 radical (unpaired) electrons. The fourth-order valence-electron chi connectivity index (χ4n) is 3.71. The number of aromatic nitrogens is 4. The van der Waals surface area contributed by atoms with Gasteiger partial charge in [-0.2, -0.15) is 27.8 Å². The summed E-state index contributed by atoms with van der Waals surface area (Å²) in [5.41, 5.74) is 0.690. The molecule has 0 bridgehead atoms. The number of likely N-dealkylation sites (tertiary alicyclic amines) is 1. The molecule has 0 saturated carbocycles. The number of ether oxygens (including phenoxy) is 1. The number of hydrogen-bond donors (Lipinski definition) is 0. The third-order valence-corrected chi connectivity index (χ3v) is 5.03. The van der Waals surface area contributed by atoms with Gasteiger partial charge in [-0.15, -0.1) is 0 Å². The van der Waals surface area contributed by atoms with Crippen LogP contribution in [0, 0.1) is 0 Å². The molecular weight excluding hydrogens is 371 g/mol. The van der Waals surface area contributed by atoms with Gasteiger partial charge in [0, 0.05) is 19.0 Å². The minimum Gasteiger partial charge on any atom is -0.497 e. The molecule has 28 heavy (non-hydrogen) atoms. The van der Waals surface area contributed by atoms with E-state index in [4.69, 9.17) is 4.74 Å². The number of methoxy groups -OCH3 is 1. The molecule has 1 aliphatic rings. The quantitative estimate of drug-likeness (QED) is 0.681. The van der Waals surface area contributed by atoms with Gasteiger partial charge in [-0.3, -0.25) is 4.90 Å².